The number of anilines is 1. The largest absolute Gasteiger partial charge is 0.383 e. The Labute approximate surface area is 159 Å². The molecule has 2 saturated carbocycles. The fourth-order valence-electron chi connectivity index (χ4n) is 5.00. The van der Waals surface area contributed by atoms with E-state index in [1.54, 1.807) is 6.07 Å². The van der Waals surface area contributed by atoms with Gasteiger partial charge in [0.05, 0.1) is 10.9 Å². The van der Waals surface area contributed by atoms with Crippen molar-refractivity contribution in [2.24, 2.45) is 11.8 Å². The summed E-state index contributed by atoms with van der Waals surface area (Å²) < 4.78 is 55.6. The van der Waals surface area contributed by atoms with Crippen molar-refractivity contribution >= 4 is 16.7 Å². The van der Waals surface area contributed by atoms with Gasteiger partial charge in [0.15, 0.2) is 5.43 Å². The van der Waals surface area contributed by atoms with Crippen molar-refractivity contribution in [3.8, 4) is 0 Å². The highest BCUT2D eigenvalue weighted by Crippen LogP contribution is 2.51. The number of alkyl halides is 4. The number of hydrogen-bond acceptors (Lipinski definition) is 3. The molecule has 28 heavy (non-hydrogen) atoms. The lowest BCUT2D eigenvalue weighted by molar-refractivity contribution is -0.0840. The minimum atomic E-state index is -2.83. The van der Waals surface area contributed by atoms with E-state index < -0.39 is 17.8 Å². The van der Waals surface area contributed by atoms with Crippen molar-refractivity contribution < 1.29 is 17.6 Å². The zero-order chi connectivity index (χ0) is 20.1. The molecule has 0 spiro atoms. The van der Waals surface area contributed by atoms with E-state index in [9.17, 15) is 22.4 Å². The van der Waals surface area contributed by atoms with Crippen LogP contribution in [0.1, 0.15) is 56.6 Å². The number of nitrogens with one attached hydrogen (secondary N) is 1. The van der Waals surface area contributed by atoms with Crippen LogP contribution in [0.5, 0.6) is 0 Å². The number of nitrogens with two attached hydrogens (primary N) is 1. The summed E-state index contributed by atoms with van der Waals surface area (Å²) in [5, 5.41) is 0.239. The Bertz CT molecular complexity index is 933. The van der Waals surface area contributed by atoms with Crippen LogP contribution in [0.3, 0.4) is 0 Å². The summed E-state index contributed by atoms with van der Waals surface area (Å²) in [6.07, 6.45) is 1.35. The Balaban J connectivity index is 1.71. The highest BCUT2D eigenvalue weighted by Gasteiger charge is 2.47. The van der Waals surface area contributed by atoms with Crippen molar-refractivity contribution in [2.45, 2.75) is 62.7 Å². The summed E-state index contributed by atoms with van der Waals surface area (Å²) in [5.74, 6) is -6.17. The molecule has 0 unspecified atom stereocenters. The van der Waals surface area contributed by atoms with Gasteiger partial charge in [0, 0.05) is 49.6 Å². The molecule has 0 amide bonds. The third kappa shape index (κ3) is 3.61. The first-order chi connectivity index (χ1) is 13.2. The van der Waals surface area contributed by atoms with Crippen LogP contribution in [0.15, 0.2) is 23.1 Å². The number of nitrogens with zero attached hydrogens (tertiary/aromatic N) is 1. The fourth-order valence-corrected chi connectivity index (χ4v) is 5.00. The first-order valence-electron chi connectivity index (χ1n) is 9.68. The lowest BCUT2D eigenvalue weighted by Crippen LogP contribution is -2.38. The zero-order valence-corrected chi connectivity index (χ0v) is 15.4. The Morgan fingerprint density at radius 1 is 1.07 bits per heavy atom. The Morgan fingerprint density at radius 3 is 2.46 bits per heavy atom. The number of pyridine rings is 2. The molecule has 4 rings (SSSR count). The minimum Gasteiger partial charge on any atom is -0.383 e. The maximum atomic E-state index is 14.2. The first kappa shape index (κ1) is 19.2. The van der Waals surface area contributed by atoms with Gasteiger partial charge in [0.25, 0.3) is 0 Å². The van der Waals surface area contributed by atoms with Gasteiger partial charge in [0.1, 0.15) is 5.82 Å². The molecule has 2 atom stereocenters. The van der Waals surface area contributed by atoms with Crippen molar-refractivity contribution in [3.63, 3.8) is 0 Å². The maximum absolute atomic E-state index is 14.2. The summed E-state index contributed by atoms with van der Waals surface area (Å²) in [7, 11) is 0. The molecular formula is C20H23F4N3O. The predicted octanol–water partition coefficient (Wildman–Crippen LogP) is 4.85. The summed E-state index contributed by atoms with van der Waals surface area (Å²) >= 11 is 0. The smallest absolute Gasteiger partial charge is 0.248 e. The number of halogens is 4. The standard InChI is InChI=1S/C20H23F4N3O/c21-19(22)5-1-11(2-6-19)12-3-7-20(23,24)10-13(12)15-9-16(28)17-14(27-15)4-8-26-18(17)25/h4,8-9,11-13H,1-3,5-7,10H2,(H2,25,26)(H,27,28)/t12-,13+/m0/s1. The number of hydrogen-bond donors (Lipinski definition) is 2. The minimum absolute atomic E-state index is 0.0394. The highest BCUT2D eigenvalue weighted by atomic mass is 19.3. The number of aromatic nitrogens is 2. The number of nitrogen functional groups attached to an aromatic ring is 1. The van der Waals surface area contributed by atoms with E-state index in [4.69, 9.17) is 5.73 Å². The molecule has 2 aromatic heterocycles. The van der Waals surface area contributed by atoms with Gasteiger partial charge in [0.2, 0.25) is 11.8 Å². The monoisotopic (exact) mass is 397 g/mol. The third-order valence-electron chi connectivity index (χ3n) is 6.44. The van der Waals surface area contributed by atoms with Crippen molar-refractivity contribution in [3.05, 3.63) is 34.2 Å². The van der Waals surface area contributed by atoms with Gasteiger partial charge in [-0.15, -0.1) is 0 Å². The van der Waals surface area contributed by atoms with Crippen LogP contribution >= 0.6 is 0 Å². The molecule has 2 fully saturated rings. The molecule has 0 aromatic carbocycles. The molecule has 152 valence electrons. The van der Waals surface area contributed by atoms with Gasteiger partial charge in [-0.2, -0.15) is 0 Å². The molecular weight excluding hydrogens is 374 g/mol. The molecule has 2 heterocycles. The third-order valence-corrected chi connectivity index (χ3v) is 6.44. The average molecular weight is 397 g/mol. The maximum Gasteiger partial charge on any atom is 0.248 e. The molecule has 2 aromatic rings. The van der Waals surface area contributed by atoms with Crippen molar-refractivity contribution in [2.75, 3.05) is 5.73 Å². The van der Waals surface area contributed by atoms with Crippen LogP contribution in [-0.2, 0) is 0 Å². The second-order valence-corrected chi connectivity index (χ2v) is 8.27. The fraction of sp³-hybridized carbons (Fsp3) is 0.600. The van der Waals surface area contributed by atoms with E-state index in [2.05, 4.69) is 9.97 Å². The van der Waals surface area contributed by atoms with E-state index in [1.165, 1.54) is 12.3 Å². The summed E-state index contributed by atoms with van der Waals surface area (Å²) in [5.41, 5.74) is 6.30. The molecule has 2 aliphatic rings. The second kappa shape index (κ2) is 6.74. The van der Waals surface area contributed by atoms with Gasteiger partial charge in [-0.3, -0.25) is 4.79 Å². The van der Waals surface area contributed by atoms with Gasteiger partial charge in [-0.05, 0) is 37.2 Å². The lowest BCUT2D eigenvalue weighted by atomic mass is 9.65. The highest BCUT2D eigenvalue weighted by molar-refractivity contribution is 5.87. The van der Waals surface area contributed by atoms with Crippen molar-refractivity contribution in [1.29, 1.82) is 0 Å². The van der Waals surface area contributed by atoms with E-state index in [1.807, 2.05) is 0 Å². The lowest BCUT2D eigenvalue weighted by Gasteiger charge is -2.42. The van der Waals surface area contributed by atoms with E-state index in [-0.39, 0.29) is 60.6 Å². The quantitative estimate of drug-likeness (QED) is 0.712. The van der Waals surface area contributed by atoms with Gasteiger partial charge in [-0.25, -0.2) is 22.5 Å². The molecule has 4 nitrogen and oxygen atoms in total. The number of H-pyrrole nitrogens is 1. The summed E-state index contributed by atoms with van der Waals surface area (Å²) in [4.78, 5) is 19.6. The molecule has 8 heteroatoms. The van der Waals surface area contributed by atoms with Gasteiger partial charge < -0.3 is 10.7 Å². The average Bonchev–Trinajstić information content (AvgIpc) is 2.61. The molecule has 2 aliphatic carbocycles. The van der Waals surface area contributed by atoms with Crippen LogP contribution in [-0.4, -0.2) is 21.8 Å². The van der Waals surface area contributed by atoms with Crippen LogP contribution in [0.25, 0.3) is 10.9 Å². The Kier molecular flexibility index (Phi) is 4.62. The topological polar surface area (TPSA) is 71.8 Å². The van der Waals surface area contributed by atoms with Crippen LogP contribution in [0, 0.1) is 11.8 Å². The Hall–Kier alpha value is -2.12. The van der Waals surface area contributed by atoms with E-state index in [0.717, 1.165) is 0 Å². The summed E-state index contributed by atoms with van der Waals surface area (Å²) in [6.45, 7) is 0. The van der Waals surface area contributed by atoms with Crippen LogP contribution in [0.2, 0.25) is 0 Å². The van der Waals surface area contributed by atoms with Gasteiger partial charge >= 0.3 is 0 Å². The van der Waals surface area contributed by atoms with Crippen LogP contribution < -0.4 is 11.2 Å². The normalized spacial score (nSPS) is 27.7. The number of aromatic amines is 1. The van der Waals surface area contributed by atoms with E-state index in [0.29, 0.717) is 24.1 Å². The van der Waals surface area contributed by atoms with Crippen LogP contribution in [0.4, 0.5) is 23.4 Å². The number of rotatable bonds is 2. The predicted molar refractivity (Wildman–Crippen MR) is 98.7 cm³/mol. The summed E-state index contributed by atoms with van der Waals surface area (Å²) in [6, 6.07) is 2.92. The molecule has 0 radical (unpaired) electrons. The van der Waals surface area contributed by atoms with E-state index >= 15 is 0 Å². The molecule has 0 aliphatic heterocycles. The molecule has 3 N–H and O–H groups in total. The first-order valence-corrected chi connectivity index (χ1v) is 9.68. The molecule has 0 bridgehead atoms. The molecule has 0 saturated heterocycles. The van der Waals surface area contributed by atoms with Gasteiger partial charge in [-0.1, -0.05) is 0 Å². The SMILES string of the molecule is Nc1nccc2[nH]c([C@@H]3CC(F)(F)CC[C@H]3C3CCC(F)(F)CC3)cc(=O)c12. The van der Waals surface area contributed by atoms with Crippen molar-refractivity contribution in [1.82, 2.24) is 9.97 Å². The second-order valence-electron chi connectivity index (χ2n) is 8.27. The zero-order valence-electron chi connectivity index (χ0n) is 15.4. The Morgan fingerprint density at radius 2 is 1.75 bits per heavy atom. The number of fused-ring (bicyclic) bond motifs is 1.